The summed E-state index contributed by atoms with van der Waals surface area (Å²) < 4.78 is 10.6. The predicted molar refractivity (Wildman–Crippen MR) is 77.7 cm³/mol. The summed E-state index contributed by atoms with van der Waals surface area (Å²) >= 11 is 0. The van der Waals surface area contributed by atoms with E-state index < -0.39 is 6.10 Å². The van der Waals surface area contributed by atoms with Crippen LogP contribution in [0.1, 0.15) is 22.8 Å². The Morgan fingerprint density at radius 3 is 2.60 bits per heavy atom. The summed E-state index contributed by atoms with van der Waals surface area (Å²) in [7, 11) is 0. The predicted octanol–water partition coefficient (Wildman–Crippen LogP) is 3.47. The lowest BCUT2D eigenvalue weighted by atomic mass is 10.1. The van der Waals surface area contributed by atoms with Gasteiger partial charge in [-0.2, -0.15) is 0 Å². The van der Waals surface area contributed by atoms with Crippen molar-refractivity contribution in [1.29, 1.82) is 0 Å². The van der Waals surface area contributed by atoms with Gasteiger partial charge < -0.3 is 14.6 Å². The normalized spacial score (nSPS) is 14.7. The Morgan fingerprint density at radius 2 is 1.80 bits per heavy atom. The molecule has 3 heteroatoms. The average molecular weight is 268 g/mol. The Labute approximate surface area is 118 Å². The highest BCUT2D eigenvalue weighted by molar-refractivity contribution is 5.57. The Kier molecular flexibility index (Phi) is 3.44. The molecule has 2 aromatic carbocycles. The summed E-state index contributed by atoms with van der Waals surface area (Å²) in [5.41, 5.74) is 3.04. The number of fused-ring (bicyclic) bond motifs is 1. The Balaban J connectivity index is 1.75. The van der Waals surface area contributed by atoms with Crippen LogP contribution in [-0.4, -0.2) is 11.9 Å². The van der Waals surface area contributed by atoms with Gasteiger partial charge in [-0.25, -0.2) is 0 Å². The summed E-state index contributed by atoms with van der Waals surface area (Å²) in [5, 5.41) is 10.1. The Hall–Kier alpha value is -2.26. The first-order valence-electron chi connectivity index (χ1n) is 6.55. The lowest BCUT2D eigenvalue weighted by molar-refractivity contribution is 0.174. The standard InChI is InChI=1S/C17H16O3/c1-12-2-6-14(7-3-12)15(18)8-4-13-5-9-16-17(10-13)20-11-19-16/h2-10,15,18H,11H2,1H3/b8-4+. The zero-order valence-corrected chi connectivity index (χ0v) is 11.2. The van der Waals surface area contributed by atoms with Crippen LogP contribution < -0.4 is 9.47 Å². The maximum atomic E-state index is 10.1. The molecule has 20 heavy (non-hydrogen) atoms. The molecule has 3 rings (SSSR count). The molecule has 0 aromatic heterocycles. The molecule has 1 aliphatic heterocycles. The monoisotopic (exact) mass is 268 g/mol. The van der Waals surface area contributed by atoms with Crippen molar-refractivity contribution in [1.82, 2.24) is 0 Å². The van der Waals surface area contributed by atoms with Crippen molar-refractivity contribution in [3.63, 3.8) is 0 Å². The molecule has 0 saturated heterocycles. The first kappa shape index (κ1) is 12.8. The van der Waals surface area contributed by atoms with Crippen LogP contribution in [0.2, 0.25) is 0 Å². The zero-order chi connectivity index (χ0) is 13.9. The molecule has 3 nitrogen and oxygen atoms in total. The highest BCUT2D eigenvalue weighted by Crippen LogP contribution is 2.33. The van der Waals surface area contributed by atoms with Crippen molar-refractivity contribution in [2.24, 2.45) is 0 Å². The quantitative estimate of drug-likeness (QED) is 0.926. The molecule has 0 spiro atoms. The summed E-state index contributed by atoms with van der Waals surface area (Å²) in [4.78, 5) is 0. The second-order valence-electron chi connectivity index (χ2n) is 4.83. The van der Waals surface area contributed by atoms with Gasteiger partial charge in [-0.1, -0.05) is 48.0 Å². The van der Waals surface area contributed by atoms with Gasteiger partial charge in [0, 0.05) is 0 Å². The maximum Gasteiger partial charge on any atom is 0.231 e. The summed E-state index contributed by atoms with van der Waals surface area (Å²) in [6.45, 7) is 2.30. The minimum atomic E-state index is -0.610. The SMILES string of the molecule is Cc1ccc(C(O)/C=C/c2ccc3c(c2)OCO3)cc1. The van der Waals surface area contributed by atoms with E-state index in [2.05, 4.69) is 0 Å². The third kappa shape index (κ3) is 2.68. The van der Waals surface area contributed by atoms with E-state index in [0.717, 1.165) is 22.6 Å². The van der Waals surface area contributed by atoms with Crippen molar-refractivity contribution in [2.75, 3.05) is 6.79 Å². The van der Waals surface area contributed by atoms with Gasteiger partial charge in [0.1, 0.15) is 0 Å². The Bertz CT molecular complexity index is 629. The Morgan fingerprint density at radius 1 is 1.05 bits per heavy atom. The molecule has 1 unspecified atom stereocenters. The zero-order valence-electron chi connectivity index (χ0n) is 11.2. The van der Waals surface area contributed by atoms with Gasteiger partial charge in [-0.05, 0) is 30.2 Å². The first-order chi connectivity index (χ1) is 9.72. The number of ether oxygens (including phenoxy) is 2. The van der Waals surface area contributed by atoms with Crippen LogP contribution in [0.5, 0.6) is 11.5 Å². The molecule has 0 radical (unpaired) electrons. The van der Waals surface area contributed by atoms with Gasteiger partial charge in [-0.15, -0.1) is 0 Å². The number of rotatable bonds is 3. The summed E-state index contributed by atoms with van der Waals surface area (Å²) in [6.07, 6.45) is 3.04. The van der Waals surface area contributed by atoms with Crippen molar-refractivity contribution in [3.8, 4) is 11.5 Å². The highest BCUT2D eigenvalue weighted by Gasteiger charge is 2.12. The van der Waals surface area contributed by atoms with Gasteiger partial charge in [-0.3, -0.25) is 0 Å². The number of hydrogen-bond donors (Lipinski definition) is 1. The third-order valence-electron chi connectivity index (χ3n) is 3.29. The van der Waals surface area contributed by atoms with Gasteiger partial charge in [0.15, 0.2) is 11.5 Å². The van der Waals surface area contributed by atoms with E-state index in [4.69, 9.17) is 9.47 Å². The number of hydrogen-bond acceptors (Lipinski definition) is 3. The summed E-state index contributed by atoms with van der Waals surface area (Å²) in [6, 6.07) is 13.6. The molecule has 0 saturated carbocycles. The molecule has 0 amide bonds. The van der Waals surface area contributed by atoms with Crippen LogP contribution in [0.3, 0.4) is 0 Å². The fourth-order valence-electron chi connectivity index (χ4n) is 2.09. The van der Waals surface area contributed by atoms with Crippen LogP contribution >= 0.6 is 0 Å². The molecule has 1 heterocycles. The number of aliphatic hydroxyl groups excluding tert-OH is 1. The largest absolute Gasteiger partial charge is 0.454 e. The molecule has 1 aliphatic rings. The van der Waals surface area contributed by atoms with E-state index in [9.17, 15) is 5.11 Å². The van der Waals surface area contributed by atoms with Crippen molar-refractivity contribution in [2.45, 2.75) is 13.0 Å². The highest BCUT2D eigenvalue weighted by atomic mass is 16.7. The molecule has 1 N–H and O–H groups in total. The number of benzene rings is 2. The van der Waals surface area contributed by atoms with Crippen LogP contribution in [-0.2, 0) is 0 Å². The second-order valence-corrected chi connectivity index (χ2v) is 4.83. The topological polar surface area (TPSA) is 38.7 Å². The fourth-order valence-corrected chi connectivity index (χ4v) is 2.09. The average Bonchev–Trinajstić information content (AvgIpc) is 2.93. The van der Waals surface area contributed by atoms with Gasteiger partial charge in [0.2, 0.25) is 6.79 Å². The molecule has 0 fully saturated rings. The van der Waals surface area contributed by atoms with Crippen LogP contribution in [0.4, 0.5) is 0 Å². The molecular formula is C17H16O3. The van der Waals surface area contributed by atoms with E-state index in [-0.39, 0.29) is 6.79 Å². The maximum absolute atomic E-state index is 10.1. The lowest BCUT2D eigenvalue weighted by Gasteiger charge is -2.06. The van der Waals surface area contributed by atoms with Crippen LogP contribution in [0.25, 0.3) is 6.08 Å². The van der Waals surface area contributed by atoms with Crippen molar-refractivity contribution in [3.05, 3.63) is 65.2 Å². The van der Waals surface area contributed by atoms with Crippen LogP contribution in [0, 0.1) is 6.92 Å². The van der Waals surface area contributed by atoms with Crippen molar-refractivity contribution < 1.29 is 14.6 Å². The molecule has 0 bridgehead atoms. The first-order valence-corrected chi connectivity index (χ1v) is 6.55. The smallest absolute Gasteiger partial charge is 0.231 e. The van der Waals surface area contributed by atoms with E-state index in [1.54, 1.807) is 6.08 Å². The van der Waals surface area contributed by atoms with E-state index in [1.165, 1.54) is 5.56 Å². The molecule has 0 aliphatic carbocycles. The molecule has 1 atom stereocenters. The van der Waals surface area contributed by atoms with Gasteiger partial charge in [0.25, 0.3) is 0 Å². The van der Waals surface area contributed by atoms with Gasteiger partial charge in [0.05, 0.1) is 6.10 Å². The van der Waals surface area contributed by atoms with E-state index in [1.807, 2.05) is 55.5 Å². The van der Waals surface area contributed by atoms with E-state index >= 15 is 0 Å². The minimum Gasteiger partial charge on any atom is -0.454 e. The van der Waals surface area contributed by atoms with E-state index in [0.29, 0.717) is 0 Å². The summed E-state index contributed by atoms with van der Waals surface area (Å²) in [5.74, 6) is 1.51. The third-order valence-corrected chi connectivity index (χ3v) is 3.29. The second kappa shape index (κ2) is 5.39. The molecule has 2 aromatic rings. The molecule has 102 valence electrons. The minimum absolute atomic E-state index is 0.272. The lowest BCUT2D eigenvalue weighted by Crippen LogP contribution is -1.93. The molecular weight excluding hydrogens is 252 g/mol. The van der Waals surface area contributed by atoms with Crippen LogP contribution in [0.15, 0.2) is 48.5 Å². The van der Waals surface area contributed by atoms with Gasteiger partial charge >= 0.3 is 0 Å². The van der Waals surface area contributed by atoms with Crippen molar-refractivity contribution >= 4 is 6.08 Å². The number of aliphatic hydroxyl groups is 1. The number of aryl methyl sites for hydroxylation is 1. The fraction of sp³-hybridized carbons (Fsp3) is 0.176.